The van der Waals surface area contributed by atoms with E-state index in [-0.39, 0.29) is 5.91 Å². The number of unbranched alkanes of at least 4 members (excludes halogenated alkanes) is 1. The van der Waals surface area contributed by atoms with Gasteiger partial charge >= 0.3 is 0 Å². The number of hydrogen-bond donors (Lipinski definition) is 1. The van der Waals surface area contributed by atoms with Crippen molar-refractivity contribution in [3.8, 4) is 0 Å². The van der Waals surface area contributed by atoms with Crippen LogP contribution in [0.15, 0.2) is 36.4 Å². The number of hydrogen-bond acceptors (Lipinski definition) is 2. The molecule has 0 atom stereocenters. The lowest BCUT2D eigenvalue weighted by atomic mass is 10.3. The first-order chi connectivity index (χ1) is 10.3. The van der Waals surface area contributed by atoms with Crippen LogP contribution < -0.4 is 5.32 Å². The fraction of sp³-hybridized carbons (Fsp3) is 0.412. The van der Waals surface area contributed by atoms with Crippen molar-refractivity contribution in [1.29, 1.82) is 0 Å². The molecule has 1 aromatic carbocycles. The van der Waals surface area contributed by atoms with E-state index in [0.717, 1.165) is 37.1 Å². The van der Waals surface area contributed by atoms with Crippen LogP contribution in [0.5, 0.6) is 0 Å². The Bertz CT molecular complexity index is 628. The molecule has 0 bridgehead atoms. The first kappa shape index (κ1) is 15.3. The molecule has 1 heterocycles. The molecular formula is C17H23N3O. The molecule has 0 unspecified atom stereocenters. The first-order valence-electron chi connectivity index (χ1n) is 7.61. The lowest BCUT2D eigenvalue weighted by molar-refractivity contribution is -0.116. The summed E-state index contributed by atoms with van der Waals surface area (Å²) >= 11 is 0. The van der Waals surface area contributed by atoms with Crippen molar-refractivity contribution in [2.24, 2.45) is 0 Å². The van der Waals surface area contributed by atoms with E-state index >= 15 is 0 Å². The molecule has 1 aromatic heterocycles. The van der Waals surface area contributed by atoms with Crippen LogP contribution in [-0.4, -0.2) is 22.0 Å². The van der Waals surface area contributed by atoms with Gasteiger partial charge in [0.25, 0.3) is 0 Å². The summed E-state index contributed by atoms with van der Waals surface area (Å²) in [4.78, 5) is 16.1. The standard InChI is InChI=1S/C17H23N3O/c1-3-5-13-20-15-10-7-6-9-14(15)19-16(20)11-12-18-17(21)8-4-2/h4,6-10H,3,5,11-13H2,1-2H3,(H,18,21)/b8-4+. The second kappa shape index (κ2) is 7.62. The molecule has 4 heteroatoms. The van der Waals surface area contributed by atoms with Crippen LogP contribution in [0, 0.1) is 0 Å². The maximum Gasteiger partial charge on any atom is 0.243 e. The van der Waals surface area contributed by atoms with Gasteiger partial charge in [0.2, 0.25) is 5.91 Å². The van der Waals surface area contributed by atoms with Crippen molar-refractivity contribution >= 4 is 16.9 Å². The van der Waals surface area contributed by atoms with E-state index in [0.29, 0.717) is 6.54 Å². The Hall–Kier alpha value is -2.10. The van der Waals surface area contributed by atoms with Crippen molar-refractivity contribution in [3.05, 3.63) is 42.2 Å². The number of nitrogens with zero attached hydrogens (tertiary/aromatic N) is 2. The lowest BCUT2D eigenvalue weighted by Gasteiger charge is -2.08. The van der Waals surface area contributed by atoms with Crippen molar-refractivity contribution in [2.75, 3.05) is 6.54 Å². The highest BCUT2D eigenvalue weighted by atomic mass is 16.1. The summed E-state index contributed by atoms with van der Waals surface area (Å²) in [5.74, 6) is 0.999. The second-order valence-electron chi connectivity index (χ2n) is 5.06. The Morgan fingerprint density at radius 2 is 2.19 bits per heavy atom. The number of benzene rings is 1. The lowest BCUT2D eigenvalue weighted by Crippen LogP contribution is -2.24. The van der Waals surface area contributed by atoms with Crippen LogP contribution >= 0.6 is 0 Å². The van der Waals surface area contributed by atoms with Crippen molar-refractivity contribution < 1.29 is 4.79 Å². The topological polar surface area (TPSA) is 46.9 Å². The molecule has 0 aliphatic rings. The molecule has 21 heavy (non-hydrogen) atoms. The van der Waals surface area contributed by atoms with Crippen molar-refractivity contribution in [3.63, 3.8) is 0 Å². The number of amides is 1. The normalized spacial score (nSPS) is 11.3. The van der Waals surface area contributed by atoms with E-state index < -0.39 is 0 Å². The Balaban J connectivity index is 2.12. The third-order valence-corrected chi connectivity index (χ3v) is 3.43. The minimum absolute atomic E-state index is 0.0475. The Labute approximate surface area is 125 Å². The summed E-state index contributed by atoms with van der Waals surface area (Å²) < 4.78 is 2.28. The summed E-state index contributed by atoms with van der Waals surface area (Å²) in [7, 11) is 0. The second-order valence-corrected chi connectivity index (χ2v) is 5.06. The highest BCUT2D eigenvalue weighted by Crippen LogP contribution is 2.17. The van der Waals surface area contributed by atoms with Gasteiger partial charge in [-0.25, -0.2) is 4.98 Å². The largest absolute Gasteiger partial charge is 0.352 e. The fourth-order valence-electron chi connectivity index (χ4n) is 2.39. The van der Waals surface area contributed by atoms with Crippen LogP contribution in [0.3, 0.4) is 0 Å². The molecule has 2 aromatic rings. The number of carbonyl (C=O) groups is 1. The fourth-order valence-corrected chi connectivity index (χ4v) is 2.39. The molecule has 0 aliphatic carbocycles. The van der Waals surface area contributed by atoms with Gasteiger partial charge in [0.05, 0.1) is 11.0 Å². The minimum Gasteiger partial charge on any atom is -0.352 e. The number of allylic oxidation sites excluding steroid dienone is 1. The molecule has 2 rings (SSSR count). The van der Waals surface area contributed by atoms with Crippen LogP contribution in [0.1, 0.15) is 32.5 Å². The SMILES string of the molecule is C/C=C/C(=O)NCCc1nc2ccccc2n1CCCC. The zero-order valence-electron chi connectivity index (χ0n) is 12.8. The number of rotatable bonds is 7. The van der Waals surface area contributed by atoms with Gasteiger partial charge < -0.3 is 9.88 Å². The molecule has 1 N–H and O–H groups in total. The van der Waals surface area contributed by atoms with E-state index in [9.17, 15) is 4.79 Å². The van der Waals surface area contributed by atoms with Gasteiger partial charge in [-0.15, -0.1) is 0 Å². The van der Waals surface area contributed by atoms with Gasteiger partial charge in [-0.1, -0.05) is 31.6 Å². The first-order valence-corrected chi connectivity index (χ1v) is 7.61. The Kier molecular flexibility index (Phi) is 5.55. The molecule has 0 aliphatic heterocycles. The monoisotopic (exact) mass is 285 g/mol. The van der Waals surface area contributed by atoms with Crippen LogP contribution in [-0.2, 0) is 17.8 Å². The number of imidazole rings is 1. The number of nitrogens with one attached hydrogen (secondary N) is 1. The molecule has 112 valence electrons. The molecular weight excluding hydrogens is 262 g/mol. The van der Waals surface area contributed by atoms with E-state index in [2.05, 4.69) is 22.9 Å². The van der Waals surface area contributed by atoms with Crippen LogP contribution in [0.25, 0.3) is 11.0 Å². The summed E-state index contributed by atoms with van der Waals surface area (Å²) in [5.41, 5.74) is 2.21. The predicted octanol–water partition coefficient (Wildman–Crippen LogP) is 3.07. The number of aryl methyl sites for hydroxylation is 1. The maximum atomic E-state index is 11.4. The van der Waals surface area contributed by atoms with E-state index in [1.807, 2.05) is 25.1 Å². The number of para-hydroxylation sites is 2. The maximum absolute atomic E-state index is 11.4. The van der Waals surface area contributed by atoms with Crippen molar-refractivity contribution in [1.82, 2.24) is 14.9 Å². The number of fused-ring (bicyclic) bond motifs is 1. The van der Waals surface area contributed by atoms with E-state index in [1.54, 1.807) is 12.2 Å². The predicted molar refractivity (Wildman–Crippen MR) is 86.2 cm³/mol. The molecule has 0 saturated carbocycles. The highest BCUT2D eigenvalue weighted by molar-refractivity contribution is 5.87. The molecule has 0 fully saturated rings. The number of aromatic nitrogens is 2. The average Bonchev–Trinajstić information content (AvgIpc) is 2.83. The van der Waals surface area contributed by atoms with E-state index in [1.165, 1.54) is 5.52 Å². The van der Waals surface area contributed by atoms with Gasteiger partial charge in [0, 0.05) is 19.5 Å². The molecule has 1 amide bonds. The highest BCUT2D eigenvalue weighted by Gasteiger charge is 2.09. The zero-order valence-corrected chi connectivity index (χ0v) is 12.8. The summed E-state index contributed by atoms with van der Waals surface area (Å²) in [6.07, 6.45) is 6.33. The summed E-state index contributed by atoms with van der Waals surface area (Å²) in [5, 5.41) is 2.88. The quantitative estimate of drug-likeness (QED) is 0.795. The minimum atomic E-state index is -0.0475. The van der Waals surface area contributed by atoms with Crippen LogP contribution in [0.4, 0.5) is 0 Å². The van der Waals surface area contributed by atoms with Crippen LogP contribution in [0.2, 0.25) is 0 Å². The zero-order chi connectivity index (χ0) is 15.1. The summed E-state index contributed by atoms with van der Waals surface area (Å²) in [6, 6.07) is 8.21. The van der Waals surface area contributed by atoms with E-state index in [4.69, 9.17) is 4.98 Å². The molecule has 0 spiro atoms. The van der Waals surface area contributed by atoms with Crippen molar-refractivity contribution in [2.45, 2.75) is 39.7 Å². The smallest absolute Gasteiger partial charge is 0.243 e. The third kappa shape index (κ3) is 3.94. The summed E-state index contributed by atoms with van der Waals surface area (Å²) in [6.45, 7) is 5.62. The van der Waals surface area contributed by atoms with Gasteiger partial charge in [0.15, 0.2) is 0 Å². The molecule has 0 radical (unpaired) electrons. The Morgan fingerprint density at radius 3 is 2.95 bits per heavy atom. The molecule has 4 nitrogen and oxygen atoms in total. The number of carbonyl (C=O) groups excluding carboxylic acids is 1. The van der Waals surface area contributed by atoms with Gasteiger partial charge in [-0.05, 0) is 31.6 Å². The van der Waals surface area contributed by atoms with Gasteiger partial charge in [-0.2, -0.15) is 0 Å². The van der Waals surface area contributed by atoms with Gasteiger partial charge in [-0.3, -0.25) is 4.79 Å². The van der Waals surface area contributed by atoms with Gasteiger partial charge in [0.1, 0.15) is 5.82 Å². The average molecular weight is 285 g/mol. The Morgan fingerprint density at radius 1 is 1.38 bits per heavy atom. The third-order valence-electron chi connectivity index (χ3n) is 3.43. The molecule has 0 saturated heterocycles.